The molecule has 0 aromatic rings. The molecule has 0 aliphatic rings. The van der Waals surface area contributed by atoms with Crippen LogP contribution in [0.25, 0.3) is 10.4 Å². The highest BCUT2D eigenvalue weighted by Gasteiger charge is 1.75. The van der Waals surface area contributed by atoms with Crippen molar-refractivity contribution >= 4 is 0 Å². The van der Waals surface area contributed by atoms with Crippen LogP contribution in [-0.2, 0) is 0 Å². The van der Waals surface area contributed by atoms with Crippen molar-refractivity contribution in [2.24, 2.45) is 5.11 Å². The lowest BCUT2D eigenvalue weighted by atomic mass is 10.5. The normalized spacial score (nSPS) is 6.62. The second kappa shape index (κ2) is 9.55. The molecule has 0 aliphatic carbocycles. The minimum absolute atomic E-state index is 0. The van der Waals surface area contributed by atoms with Gasteiger partial charge in [-0.1, -0.05) is 12.5 Å². The molecule has 0 fully saturated rings. The SMILES string of the molecule is C.[N-]=[N+]=NCCCO. The van der Waals surface area contributed by atoms with Gasteiger partial charge < -0.3 is 5.11 Å². The van der Waals surface area contributed by atoms with Crippen LogP contribution in [0.4, 0.5) is 0 Å². The zero-order chi connectivity index (χ0) is 5.54. The summed E-state index contributed by atoms with van der Waals surface area (Å²) in [6.45, 7) is 0.492. The number of nitrogens with zero attached hydrogens (tertiary/aromatic N) is 3. The van der Waals surface area contributed by atoms with Crippen LogP contribution in [0, 0.1) is 0 Å². The first kappa shape index (κ1) is 10.3. The van der Waals surface area contributed by atoms with E-state index in [0.717, 1.165) is 0 Å². The molecule has 0 spiro atoms. The number of azide groups is 1. The summed E-state index contributed by atoms with van der Waals surface area (Å²) in [5, 5.41) is 11.3. The number of hydrogen-bond donors (Lipinski definition) is 1. The first-order chi connectivity index (χ1) is 3.41. The van der Waals surface area contributed by atoms with Crippen LogP contribution >= 0.6 is 0 Å². The molecule has 1 N–H and O–H groups in total. The monoisotopic (exact) mass is 117 g/mol. The van der Waals surface area contributed by atoms with Gasteiger partial charge in [0.15, 0.2) is 0 Å². The molecule has 0 aromatic heterocycles. The van der Waals surface area contributed by atoms with Gasteiger partial charge >= 0.3 is 0 Å². The van der Waals surface area contributed by atoms with Crippen molar-refractivity contribution in [3.63, 3.8) is 0 Å². The van der Waals surface area contributed by atoms with Crippen molar-refractivity contribution in [3.8, 4) is 0 Å². The molecule has 0 atom stereocenters. The predicted molar refractivity (Wildman–Crippen MR) is 32.4 cm³/mol. The van der Waals surface area contributed by atoms with Gasteiger partial charge in [-0.3, -0.25) is 0 Å². The van der Waals surface area contributed by atoms with Crippen LogP contribution < -0.4 is 0 Å². The molecular formula is C4H11N3O. The summed E-state index contributed by atoms with van der Waals surface area (Å²) in [6.07, 6.45) is 0.560. The minimum atomic E-state index is 0. The van der Waals surface area contributed by atoms with E-state index in [1.54, 1.807) is 0 Å². The molecular weight excluding hydrogens is 106 g/mol. The van der Waals surface area contributed by atoms with E-state index in [2.05, 4.69) is 10.0 Å². The summed E-state index contributed by atoms with van der Waals surface area (Å²) < 4.78 is 0. The summed E-state index contributed by atoms with van der Waals surface area (Å²) in [4.78, 5) is 2.49. The van der Waals surface area contributed by atoms with Gasteiger partial charge in [-0.25, -0.2) is 0 Å². The van der Waals surface area contributed by atoms with Gasteiger partial charge in [0.05, 0.1) is 0 Å². The Morgan fingerprint density at radius 3 is 2.62 bits per heavy atom. The van der Waals surface area contributed by atoms with E-state index < -0.39 is 0 Å². The zero-order valence-electron chi connectivity index (χ0n) is 3.91. The Kier molecular flexibility index (Phi) is 12.3. The molecule has 0 unspecified atom stereocenters. The summed E-state index contributed by atoms with van der Waals surface area (Å²) >= 11 is 0. The fourth-order valence-electron chi connectivity index (χ4n) is 0.186. The predicted octanol–water partition coefficient (Wildman–Crippen LogP) is 1.32. The Morgan fingerprint density at radius 1 is 1.62 bits per heavy atom. The third-order valence-corrected chi connectivity index (χ3v) is 0.479. The lowest BCUT2D eigenvalue weighted by molar-refractivity contribution is 0.291. The molecule has 0 saturated carbocycles. The molecule has 0 aromatic carbocycles. The highest BCUT2D eigenvalue weighted by molar-refractivity contribution is 4.43. The lowest BCUT2D eigenvalue weighted by Crippen LogP contribution is -1.83. The largest absolute Gasteiger partial charge is 0.396 e. The van der Waals surface area contributed by atoms with Crippen LogP contribution in [0.1, 0.15) is 13.8 Å². The molecule has 0 radical (unpaired) electrons. The standard InChI is InChI=1S/C3H7N3O.CH4/c4-6-5-2-1-3-7;/h7H,1-3H2;1H4. The van der Waals surface area contributed by atoms with Gasteiger partial charge in [-0.15, -0.1) is 0 Å². The van der Waals surface area contributed by atoms with Crippen LogP contribution in [0.15, 0.2) is 5.11 Å². The summed E-state index contributed by atoms with van der Waals surface area (Å²) in [7, 11) is 0. The second-order valence-corrected chi connectivity index (χ2v) is 1.03. The number of rotatable bonds is 3. The number of aliphatic hydroxyl groups is 1. The van der Waals surface area contributed by atoms with Crippen LogP contribution in [0.3, 0.4) is 0 Å². The van der Waals surface area contributed by atoms with Crippen molar-refractivity contribution < 1.29 is 5.11 Å². The maximum absolute atomic E-state index is 8.11. The van der Waals surface area contributed by atoms with E-state index >= 15 is 0 Å². The third kappa shape index (κ3) is 8.99. The molecule has 0 bridgehead atoms. The first-order valence-electron chi connectivity index (χ1n) is 2.03. The summed E-state index contributed by atoms with van der Waals surface area (Å²) in [5.74, 6) is 0. The van der Waals surface area contributed by atoms with E-state index in [4.69, 9.17) is 10.6 Å². The highest BCUT2D eigenvalue weighted by atomic mass is 16.3. The molecule has 0 aliphatic heterocycles. The smallest absolute Gasteiger partial charge is 0.0432 e. The Hall–Kier alpha value is -0.730. The zero-order valence-corrected chi connectivity index (χ0v) is 3.91. The van der Waals surface area contributed by atoms with Crippen molar-refractivity contribution in [3.05, 3.63) is 10.4 Å². The van der Waals surface area contributed by atoms with Crippen LogP contribution in [-0.4, -0.2) is 18.3 Å². The quantitative estimate of drug-likeness (QED) is 0.257. The van der Waals surface area contributed by atoms with Gasteiger partial charge in [0.1, 0.15) is 0 Å². The van der Waals surface area contributed by atoms with Crippen molar-refractivity contribution in [2.45, 2.75) is 13.8 Å². The van der Waals surface area contributed by atoms with E-state index in [1.807, 2.05) is 0 Å². The first-order valence-corrected chi connectivity index (χ1v) is 2.03. The maximum Gasteiger partial charge on any atom is 0.0432 e. The van der Waals surface area contributed by atoms with Crippen molar-refractivity contribution in [1.82, 2.24) is 0 Å². The molecule has 0 heterocycles. The fourth-order valence-corrected chi connectivity index (χ4v) is 0.186. The van der Waals surface area contributed by atoms with E-state index in [0.29, 0.717) is 13.0 Å². The topological polar surface area (TPSA) is 69.0 Å². The van der Waals surface area contributed by atoms with Gasteiger partial charge in [-0.2, -0.15) is 0 Å². The number of aliphatic hydroxyl groups excluding tert-OH is 1. The summed E-state index contributed by atoms with van der Waals surface area (Å²) in [6, 6.07) is 0. The Morgan fingerprint density at radius 2 is 2.25 bits per heavy atom. The lowest BCUT2D eigenvalue weighted by Gasteiger charge is -1.80. The Labute approximate surface area is 48.8 Å². The molecule has 48 valence electrons. The average Bonchev–Trinajstić information content (AvgIpc) is 1.69. The second-order valence-electron chi connectivity index (χ2n) is 1.03. The maximum atomic E-state index is 8.11. The van der Waals surface area contributed by atoms with E-state index in [9.17, 15) is 0 Å². The average molecular weight is 117 g/mol. The van der Waals surface area contributed by atoms with Gasteiger partial charge in [0.25, 0.3) is 0 Å². The van der Waals surface area contributed by atoms with Crippen molar-refractivity contribution in [1.29, 1.82) is 0 Å². The Balaban J connectivity index is 0. The molecule has 0 amide bonds. The minimum Gasteiger partial charge on any atom is -0.396 e. The van der Waals surface area contributed by atoms with Gasteiger partial charge in [-0.05, 0) is 12.0 Å². The van der Waals surface area contributed by atoms with E-state index in [-0.39, 0.29) is 14.0 Å². The molecule has 4 heteroatoms. The molecule has 4 nitrogen and oxygen atoms in total. The van der Waals surface area contributed by atoms with Crippen LogP contribution in [0.5, 0.6) is 0 Å². The molecule has 0 saturated heterocycles. The fraction of sp³-hybridized carbons (Fsp3) is 1.00. The molecule has 0 rings (SSSR count). The number of hydrogen-bond acceptors (Lipinski definition) is 2. The third-order valence-electron chi connectivity index (χ3n) is 0.479. The highest BCUT2D eigenvalue weighted by Crippen LogP contribution is 1.76. The van der Waals surface area contributed by atoms with Crippen molar-refractivity contribution in [2.75, 3.05) is 13.2 Å². The van der Waals surface area contributed by atoms with Gasteiger partial charge in [0, 0.05) is 18.1 Å². The molecule has 8 heavy (non-hydrogen) atoms. The van der Waals surface area contributed by atoms with Crippen LogP contribution in [0.2, 0.25) is 0 Å². The van der Waals surface area contributed by atoms with E-state index in [1.165, 1.54) is 0 Å². The summed E-state index contributed by atoms with van der Waals surface area (Å²) in [5.41, 5.74) is 7.67. The van der Waals surface area contributed by atoms with Gasteiger partial charge in [0.2, 0.25) is 0 Å². The Bertz CT molecular complexity index is 77.4.